The van der Waals surface area contributed by atoms with Gasteiger partial charge in [-0.3, -0.25) is 0 Å². The first-order valence-electron chi connectivity index (χ1n) is 3.83. The molecule has 0 bridgehead atoms. The van der Waals surface area contributed by atoms with E-state index in [0.717, 1.165) is 25.7 Å². The van der Waals surface area contributed by atoms with Crippen molar-refractivity contribution in [3.05, 3.63) is 0 Å². The highest BCUT2D eigenvalue weighted by Crippen LogP contribution is 2.12. The van der Waals surface area contributed by atoms with Crippen LogP contribution in [0.3, 0.4) is 0 Å². The van der Waals surface area contributed by atoms with E-state index in [0.29, 0.717) is 5.92 Å². The molecule has 0 radical (unpaired) electrons. The summed E-state index contributed by atoms with van der Waals surface area (Å²) in [4.78, 5) is 0. The van der Waals surface area contributed by atoms with Crippen molar-refractivity contribution in [1.82, 2.24) is 0 Å². The zero-order chi connectivity index (χ0) is 7.82. The lowest BCUT2D eigenvalue weighted by Crippen LogP contribution is -1.99. The zero-order valence-electron chi connectivity index (χ0n) is 6.56. The molecule has 0 saturated heterocycles. The minimum atomic E-state index is 0.624. The van der Waals surface area contributed by atoms with Gasteiger partial charge in [0.25, 0.3) is 0 Å². The Balaban J connectivity index is 3.38. The average molecular weight is 140 g/mol. The Morgan fingerprint density at radius 1 is 1.30 bits per heavy atom. The van der Waals surface area contributed by atoms with Gasteiger partial charge in [0.15, 0.2) is 0 Å². The number of rotatable bonds is 6. The molecule has 1 atom stereocenters. The zero-order valence-corrected chi connectivity index (χ0v) is 6.56. The largest absolute Gasteiger partial charge is 0.313 e. The van der Waals surface area contributed by atoms with Gasteiger partial charge in [-0.1, -0.05) is 13.3 Å². The Kier molecular flexibility index (Phi) is 6.03. The van der Waals surface area contributed by atoms with Crippen molar-refractivity contribution < 1.29 is 0 Å². The fourth-order valence-corrected chi connectivity index (χ4v) is 0.974. The number of hydrogen-bond donors (Lipinski definition) is 2. The number of nitrogens with one attached hydrogen (secondary N) is 2. The summed E-state index contributed by atoms with van der Waals surface area (Å²) in [5.41, 5.74) is 0. The molecule has 0 aromatic heterocycles. The molecule has 10 heavy (non-hydrogen) atoms. The molecule has 0 rings (SSSR count). The first-order valence-corrected chi connectivity index (χ1v) is 3.83. The van der Waals surface area contributed by atoms with Gasteiger partial charge < -0.3 is 10.8 Å². The molecule has 0 aliphatic heterocycles. The van der Waals surface area contributed by atoms with Crippen LogP contribution in [0.5, 0.6) is 0 Å². The van der Waals surface area contributed by atoms with Crippen LogP contribution in [0.15, 0.2) is 0 Å². The molecule has 0 aromatic rings. The van der Waals surface area contributed by atoms with Crippen LogP contribution < -0.4 is 0 Å². The van der Waals surface area contributed by atoms with Crippen LogP contribution in [0.4, 0.5) is 0 Å². The molecule has 0 aliphatic carbocycles. The fourth-order valence-electron chi connectivity index (χ4n) is 0.974. The molecule has 0 amide bonds. The van der Waals surface area contributed by atoms with Gasteiger partial charge in [-0.2, -0.15) is 0 Å². The van der Waals surface area contributed by atoms with Crippen LogP contribution >= 0.6 is 0 Å². The Morgan fingerprint density at radius 2 is 2.00 bits per heavy atom. The third-order valence-corrected chi connectivity index (χ3v) is 1.75. The van der Waals surface area contributed by atoms with Gasteiger partial charge in [0, 0.05) is 0 Å². The van der Waals surface area contributed by atoms with Gasteiger partial charge in [-0.05, 0) is 37.6 Å². The van der Waals surface area contributed by atoms with Crippen LogP contribution in [0.25, 0.3) is 0 Å². The second-order valence-corrected chi connectivity index (χ2v) is 2.50. The van der Waals surface area contributed by atoms with E-state index in [2.05, 4.69) is 6.92 Å². The van der Waals surface area contributed by atoms with Gasteiger partial charge in [0.05, 0.1) is 0 Å². The highest BCUT2D eigenvalue weighted by molar-refractivity contribution is 5.54. The van der Waals surface area contributed by atoms with Crippen molar-refractivity contribution in [1.29, 1.82) is 10.8 Å². The molecule has 0 heterocycles. The first kappa shape index (κ1) is 9.34. The molecule has 58 valence electrons. The monoisotopic (exact) mass is 140 g/mol. The van der Waals surface area contributed by atoms with Gasteiger partial charge >= 0.3 is 0 Å². The molecule has 0 fully saturated rings. The lowest BCUT2D eigenvalue weighted by atomic mass is 9.98. The first-order chi connectivity index (χ1) is 4.85. The Hall–Kier alpha value is -0.660. The van der Waals surface area contributed by atoms with Crippen molar-refractivity contribution in [2.24, 2.45) is 5.92 Å². The molecule has 0 spiro atoms. The Morgan fingerprint density at radius 3 is 2.40 bits per heavy atom. The van der Waals surface area contributed by atoms with Crippen molar-refractivity contribution in [3.63, 3.8) is 0 Å². The minimum Gasteiger partial charge on any atom is -0.313 e. The second kappa shape index (κ2) is 6.46. The van der Waals surface area contributed by atoms with Gasteiger partial charge in [0.1, 0.15) is 0 Å². The summed E-state index contributed by atoms with van der Waals surface area (Å²) >= 11 is 0. The average Bonchev–Trinajstić information content (AvgIpc) is 1.98. The Bertz CT molecular complexity index is 99.4. The summed E-state index contributed by atoms with van der Waals surface area (Å²) in [5.74, 6) is 0.624. The second-order valence-electron chi connectivity index (χ2n) is 2.50. The van der Waals surface area contributed by atoms with Crippen LogP contribution in [0, 0.1) is 16.7 Å². The van der Waals surface area contributed by atoms with Gasteiger partial charge in [-0.15, -0.1) is 0 Å². The highest BCUT2D eigenvalue weighted by atomic mass is 14.3. The van der Waals surface area contributed by atoms with Gasteiger partial charge in [0.2, 0.25) is 0 Å². The van der Waals surface area contributed by atoms with Crippen molar-refractivity contribution in [2.45, 2.75) is 32.6 Å². The SMILES string of the molecule is CCC(CC=N)CCC=N. The van der Waals surface area contributed by atoms with Crippen LogP contribution in [0.2, 0.25) is 0 Å². The lowest BCUT2D eigenvalue weighted by molar-refractivity contribution is 0.502. The standard InChI is InChI=1S/C8H16N2/c1-2-8(5-7-10)4-3-6-9/h6-10H,2-5H2,1H3. The normalized spacial score (nSPS) is 12.5. The summed E-state index contributed by atoms with van der Waals surface area (Å²) in [6, 6.07) is 0. The Labute approximate surface area is 62.7 Å². The predicted molar refractivity (Wildman–Crippen MR) is 45.2 cm³/mol. The topological polar surface area (TPSA) is 47.7 Å². The third kappa shape index (κ3) is 4.24. The van der Waals surface area contributed by atoms with E-state index in [4.69, 9.17) is 10.8 Å². The highest BCUT2D eigenvalue weighted by Gasteiger charge is 2.01. The van der Waals surface area contributed by atoms with Crippen LogP contribution in [-0.2, 0) is 0 Å². The van der Waals surface area contributed by atoms with Crippen molar-refractivity contribution >= 4 is 12.4 Å². The van der Waals surface area contributed by atoms with Crippen molar-refractivity contribution in [2.75, 3.05) is 0 Å². The quantitative estimate of drug-likeness (QED) is 0.532. The predicted octanol–water partition coefficient (Wildman–Crippen LogP) is 2.48. The van der Waals surface area contributed by atoms with Crippen molar-refractivity contribution in [3.8, 4) is 0 Å². The van der Waals surface area contributed by atoms with Crippen LogP contribution in [0.1, 0.15) is 32.6 Å². The molecule has 0 saturated carbocycles. The maximum atomic E-state index is 6.89. The summed E-state index contributed by atoms with van der Waals surface area (Å²) in [6.45, 7) is 2.14. The summed E-state index contributed by atoms with van der Waals surface area (Å²) in [5, 5.41) is 13.7. The molecule has 2 heteroatoms. The van der Waals surface area contributed by atoms with E-state index in [1.807, 2.05) is 0 Å². The summed E-state index contributed by atoms with van der Waals surface area (Å²) in [6.07, 6.45) is 6.86. The minimum absolute atomic E-state index is 0.624. The molecule has 0 aliphatic rings. The molecule has 2 N–H and O–H groups in total. The number of hydrogen-bond acceptors (Lipinski definition) is 2. The smallest absolute Gasteiger partial charge is 0.00450 e. The summed E-state index contributed by atoms with van der Waals surface area (Å²) < 4.78 is 0. The molecule has 1 unspecified atom stereocenters. The summed E-state index contributed by atoms with van der Waals surface area (Å²) in [7, 11) is 0. The van der Waals surface area contributed by atoms with Crippen LogP contribution in [-0.4, -0.2) is 12.4 Å². The maximum absolute atomic E-state index is 6.89. The van der Waals surface area contributed by atoms with E-state index < -0.39 is 0 Å². The third-order valence-electron chi connectivity index (χ3n) is 1.75. The van der Waals surface area contributed by atoms with E-state index in [1.165, 1.54) is 12.4 Å². The van der Waals surface area contributed by atoms with Gasteiger partial charge in [-0.25, -0.2) is 0 Å². The molecular formula is C8H16N2. The fraction of sp³-hybridized carbons (Fsp3) is 0.750. The maximum Gasteiger partial charge on any atom is -0.00450 e. The van der Waals surface area contributed by atoms with E-state index in [-0.39, 0.29) is 0 Å². The molecular weight excluding hydrogens is 124 g/mol. The van der Waals surface area contributed by atoms with E-state index >= 15 is 0 Å². The van der Waals surface area contributed by atoms with E-state index in [1.54, 1.807) is 0 Å². The molecule has 0 aromatic carbocycles. The lowest BCUT2D eigenvalue weighted by Gasteiger charge is -2.08. The van der Waals surface area contributed by atoms with E-state index in [9.17, 15) is 0 Å². The molecule has 2 nitrogen and oxygen atoms in total.